The van der Waals surface area contributed by atoms with E-state index in [-0.39, 0.29) is 0 Å². The SMILES string of the molecule is CCNC(=NCc1cccc(OCCN(C)C)c1)NC1CC1C. The topological polar surface area (TPSA) is 48.9 Å². The van der Waals surface area contributed by atoms with Gasteiger partial charge >= 0.3 is 0 Å². The molecule has 2 atom stereocenters. The highest BCUT2D eigenvalue weighted by molar-refractivity contribution is 5.80. The number of guanidine groups is 1. The van der Waals surface area contributed by atoms with Crippen LogP contribution in [0.15, 0.2) is 29.3 Å². The van der Waals surface area contributed by atoms with Crippen molar-refractivity contribution < 1.29 is 4.74 Å². The highest BCUT2D eigenvalue weighted by atomic mass is 16.5. The Morgan fingerprint density at radius 1 is 1.39 bits per heavy atom. The molecule has 23 heavy (non-hydrogen) atoms. The molecule has 1 aliphatic carbocycles. The molecule has 1 aliphatic rings. The standard InChI is InChI=1S/C18H30N4O/c1-5-19-18(21-17-11-14(17)2)20-13-15-7-6-8-16(12-15)23-10-9-22(3)4/h6-8,12,14,17H,5,9-11,13H2,1-4H3,(H2,19,20,21). The predicted molar refractivity (Wildman–Crippen MR) is 96.0 cm³/mol. The Morgan fingerprint density at radius 3 is 2.83 bits per heavy atom. The zero-order valence-electron chi connectivity index (χ0n) is 14.8. The molecular weight excluding hydrogens is 288 g/mol. The second-order valence-electron chi connectivity index (χ2n) is 6.46. The van der Waals surface area contributed by atoms with Crippen LogP contribution in [0.25, 0.3) is 0 Å². The summed E-state index contributed by atoms with van der Waals surface area (Å²) in [6.45, 7) is 7.49. The first-order chi connectivity index (χ1) is 11.1. The Balaban J connectivity index is 1.88. The second kappa shape index (κ2) is 8.77. The quantitative estimate of drug-likeness (QED) is 0.569. The third-order valence-corrected chi connectivity index (χ3v) is 3.90. The summed E-state index contributed by atoms with van der Waals surface area (Å²) >= 11 is 0. The number of likely N-dealkylation sites (N-methyl/N-ethyl adjacent to an activating group) is 1. The van der Waals surface area contributed by atoms with Crippen LogP contribution in [0, 0.1) is 5.92 Å². The normalized spacial score (nSPS) is 20.5. The average Bonchev–Trinajstić information content (AvgIpc) is 3.20. The van der Waals surface area contributed by atoms with Gasteiger partial charge in [-0.25, -0.2) is 4.99 Å². The fourth-order valence-corrected chi connectivity index (χ4v) is 2.27. The summed E-state index contributed by atoms with van der Waals surface area (Å²) in [6.07, 6.45) is 1.24. The van der Waals surface area contributed by atoms with Gasteiger partial charge in [0.05, 0.1) is 6.54 Å². The zero-order chi connectivity index (χ0) is 16.7. The van der Waals surface area contributed by atoms with Gasteiger partial charge in [-0.1, -0.05) is 19.1 Å². The molecule has 0 radical (unpaired) electrons. The largest absolute Gasteiger partial charge is 0.492 e. The molecule has 0 amide bonds. The third-order valence-electron chi connectivity index (χ3n) is 3.90. The molecule has 0 bridgehead atoms. The number of benzene rings is 1. The summed E-state index contributed by atoms with van der Waals surface area (Å²) in [6, 6.07) is 8.76. The lowest BCUT2D eigenvalue weighted by Gasteiger charge is -2.12. The number of rotatable bonds is 8. The molecule has 0 aromatic heterocycles. The minimum absolute atomic E-state index is 0.577. The maximum Gasteiger partial charge on any atom is 0.191 e. The highest BCUT2D eigenvalue weighted by Gasteiger charge is 2.33. The summed E-state index contributed by atoms with van der Waals surface area (Å²) in [5.41, 5.74) is 1.16. The van der Waals surface area contributed by atoms with Crippen molar-refractivity contribution in [3.8, 4) is 5.75 Å². The van der Waals surface area contributed by atoms with E-state index in [4.69, 9.17) is 4.74 Å². The van der Waals surface area contributed by atoms with Gasteiger partial charge in [-0.05, 0) is 51.1 Å². The number of aliphatic imine (C=N–C) groups is 1. The minimum atomic E-state index is 0.577. The molecule has 0 aliphatic heterocycles. The van der Waals surface area contributed by atoms with E-state index in [0.717, 1.165) is 36.3 Å². The minimum Gasteiger partial charge on any atom is -0.492 e. The van der Waals surface area contributed by atoms with Gasteiger partial charge in [0.25, 0.3) is 0 Å². The van der Waals surface area contributed by atoms with Crippen LogP contribution < -0.4 is 15.4 Å². The van der Waals surface area contributed by atoms with E-state index in [2.05, 4.69) is 46.5 Å². The van der Waals surface area contributed by atoms with Gasteiger partial charge in [0, 0.05) is 19.1 Å². The number of ether oxygens (including phenoxy) is 1. The molecule has 1 fully saturated rings. The van der Waals surface area contributed by atoms with Crippen molar-refractivity contribution in [2.24, 2.45) is 10.9 Å². The molecule has 2 rings (SSSR count). The Hall–Kier alpha value is -1.75. The zero-order valence-corrected chi connectivity index (χ0v) is 14.8. The Kier molecular flexibility index (Phi) is 6.71. The van der Waals surface area contributed by atoms with E-state index in [9.17, 15) is 0 Å². The molecule has 0 saturated heterocycles. The van der Waals surface area contributed by atoms with Crippen molar-refractivity contribution >= 4 is 5.96 Å². The molecule has 1 aromatic rings. The summed E-state index contributed by atoms with van der Waals surface area (Å²) in [7, 11) is 4.09. The molecule has 0 spiro atoms. The maximum absolute atomic E-state index is 5.78. The van der Waals surface area contributed by atoms with Crippen molar-refractivity contribution in [3.63, 3.8) is 0 Å². The van der Waals surface area contributed by atoms with Gasteiger partial charge in [-0.3, -0.25) is 0 Å². The van der Waals surface area contributed by atoms with Crippen molar-refractivity contribution in [2.45, 2.75) is 32.9 Å². The molecule has 2 N–H and O–H groups in total. The van der Waals surface area contributed by atoms with Crippen molar-refractivity contribution in [3.05, 3.63) is 29.8 Å². The fraction of sp³-hybridized carbons (Fsp3) is 0.611. The Morgan fingerprint density at radius 2 is 2.17 bits per heavy atom. The molecule has 5 heteroatoms. The summed E-state index contributed by atoms with van der Waals surface area (Å²) < 4.78 is 5.78. The van der Waals surface area contributed by atoms with E-state index in [0.29, 0.717) is 19.2 Å². The van der Waals surface area contributed by atoms with Gasteiger partial charge in [0.2, 0.25) is 0 Å². The number of hydrogen-bond acceptors (Lipinski definition) is 3. The van der Waals surface area contributed by atoms with Crippen LogP contribution in [-0.4, -0.2) is 50.7 Å². The van der Waals surface area contributed by atoms with Crippen molar-refractivity contribution in [1.29, 1.82) is 0 Å². The van der Waals surface area contributed by atoms with Gasteiger partial charge < -0.3 is 20.3 Å². The summed E-state index contributed by atoms with van der Waals surface area (Å²) in [5.74, 6) is 2.57. The van der Waals surface area contributed by atoms with E-state index < -0.39 is 0 Å². The lowest BCUT2D eigenvalue weighted by atomic mass is 10.2. The molecule has 1 saturated carbocycles. The maximum atomic E-state index is 5.78. The van der Waals surface area contributed by atoms with Crippen LogP contribution >= 0.6 is 0 Å². The van der Waals surface area contributed by atoms with E-state index >= 15 is 0 Å². The Labute approximate surface area is 140 Å². The molecular formula is C18H30N4O. The highest BCUT2D eigenvalue weighted by Crippen LogP contribution is 2.28. The van der Waals surface area contributed by atoms with E-state index in [1.807, 2.05) is 26.2 Å². The molecule has 5 nitrogen and oxygen atoms in total. The lowest BCUT2D eigenvalue weighted by Crippen LogP contribution is -2.39. The first-order valence-electron chi connectivity index (χ1n) is 8.49. The van der Waals surface area contributed by atoms with Crippen molar-refractivity contribution in [2.75, 3.05) is 33.8 Å². The average molecular weight is 318 g/mol. The first kappa shape index (κ1) is 17.6. The summed E-state index contributed by atoms with van der Waals surface area (Å²) in [4.78, 5) is 6.79. The van der Waals surface area contributed by atoms with Crippen LogP contribution in [0.5, 0.6) is 5.75 Å². The first-order valence-corrected chi connectivity index (χ1v) is 8.49. The monoisotopic (exact) mass is 318 g/mol. The predicted octanol–water partition coefficient (Wildman–Crippen LogP) is 2.09. The molecule has 0 heterocycles. The van der Waals surface area contributed by atoms with Gasteiger partial charge in [0.15, 0.2) is 5.96 Å². The van der Waals surface area contributed by atoms with E-state index in [1.54, 1.807) is 0 Å². The second-order valence-corrected chi connectivity index (χ2v) is 6.46. The smallest absolute Gasteiger partial charge is 0.191 e. The van der Waals surface area contributed by atoms with E-state index in [1.165, 1.54) is 6.42 Å². The molecule has 128 valence electrons. The van der Waals surface area contributed by atoms with Crippen molar-refractivity contribution in [1.82, 2.24) is 15.5 Å². The molecule has 1 aromatic carbocycles. The van der Waals surface area contributed by atoms with Crippen LogP contribution in [0.3, 0.4) is 0 Å². The fourth-order valence-electron chi connectivity index (χ4n) is 2.27. The Bertz CT molecular complexity index is 515. The summed E-state index contributed by atoms with van der Waals surface area (Å²) in [5, 5.41) is 6.78. The number of hydrogen-bond donors (Lipinski definition) is 2. The van der Waals surface area contributed by atoms with Crippen LogP contribution in [0.1, 0.15) is 25.8 Å². The number of nitrogens with zero attached hydrogens (tertiary/aromatic N) is 2. The third kappa shape index (κ3) is 6.48. The van der Waals surface area contributed by atoms with Gasteiger partial charge in [-0.2, -0.15) is 0 Å². The van der Waals surface area contributed by atoms with Crippen LogP contribution in [0.2, 0.25) is 0 Å². The van der Waals surface area contributed by atoms with Gasteiger partial charge in [-0.15, -0.1) is 0 Å². The van der Waals surface area contributed by atoms with Crippen LogP contribution in [-0.2, 0) is 6.54 Å². The molecule has 2 unspecified atom stereocenters. The lowest BCUT2D eigenvalue weighted by molar-refractivity contribution is 0.261. The van der Waals surface area contributed by atoms with Gasteiger partial charge in [0.1, 0.15) is 12.4 Å². The number of nitrogens with one attached hydrogen (secondary N) is 2. The van der Waals surface area contributed by atoms with Crippen LogP contribution in [0.4, 0.5) is 0 Å².